The number of anilines is 2. The fraction of sp³-hybridized carbons (Fsp3) is 0.474. The first kappa shape index (κ1) is 17.4. The van der Waals surface area contributed by atoms with Gasteiger partial charge in [-0.2, -0.15) is 0 Å². The highest BCUT2D eigenvalue weighted by molar-refractivity contribution is 7.99. The summed E-state index contributed by atoms with van der Waals surface area (Å²) < 4.78 is 5.59. The van der Waals surface area contributed by atoms with Crippen LogP contribution in [0.5, 0.6) is 0 Å². The monoisotopic (exact) mass is 372 g/mol. The van der Waals surface area contributed by atoms with Gasteiger partial charge in [0.15, 0.2) is 22.5 Å². The number of Topliss-reactive ketones (excluding diaryl/α,β-unsaturated/α-hetero) is 1. The minimum atomic E-state index is -0.0588. The fourth-order valence-electron chi connectivity index (χ4n) is 3.00. The molecule has 0 radical (unpaired) electrons. The fourth-order valence-corrected chi connectivity index (χ4v) is 3.78. The zero-order valence-corrected chi connectivity index (χ0v) is 16.0. The molecular formula is C19H24N4O2S. The molecular weight excluding hydrogens is 348 g/mol. The maximum absolute atomic E-state index is 11.4. The van der Waals surface area contributed by atoms with Crippen LogP contribution < -0.4 is 10.2 Å². The third-order valence-electron chi connectivity index (χ3n) is 4.73. The Morgan fingerprint density at radius 2 is 2.04 bits per heavy atom. The van der Waals surface area contributed by atoms with Crippen LogP contribution in [0, 0.1) is 0 Å². The number of furan rings is 1. The smallest absolute Gasteiger partial charge is 0.194 e. The van der Waals surface area contributed by atoms with Gasteiger partial charge >= 0.3 is 0 Å². The number of carbonyl (C=O) groups excluding carboxylic acids is 1. The van der Waals surface area contributed by atoms with E-state index in [1.165, 1.54) is 31.5 Å². The molecule has 2 aliphatic rings. The van der Waals surface area contributed by atoms with Crippen molar-refractivity contribution in [2.75, 3.05) is 43.4 Å². The van der Waals surface area contributed by atoms with E-state index >= 15 is 0 Å². The van der Waals surface area contributed by atoms with Gasteiger partial charge in [0.05, 0.1) is 5.69 Å². The van der Waals surface area contributed by atoms with Crippen molar-refractivity contribution in [3.05, 3.63) is 30.2 Å². The first-order chi connectivity index (χ1) is 12.6. The number of ketones is 1. The summed E-state index contributed by atoms with van der Waals surface area (Å²) in [6.07, 6.45) is 4.34. The Hall–Kier alpha value is -1.99. The third kappa shape index (κ3) is 4.04. The summed E-state index contributed by atoms with van der Waals surface area (Å²) in [5.74, 6) is 1.38. The minimum absolute atomic E-state index is 0.0588. The highest BCUT2D eigenvalue weighted by Gasteiger charge is 2.25. The number of piperazine rings is 1. The van der Waals surface area contributed by atoms with Crippen molar-refractivity contribution >= 4 is 29.1 Å². The summed E-state index contributed by atoms with van der Waals surface area (Å²) in [5, 5.41) is 4.34. The Kier molecular flexibility index (Phi) is 4.91. The molecule has 1 aliphatic carbocycles. The maximum atomic E-state index is 11.4. The summed E-state index contributed by atoms with van der Waals surface area (Å²) >= 11 is 1.50. The van der Waals surface area contributed by atoms with Gasteiger partial charge in [0.25, 0.3) is 0 Å². The van der Waals surface area contributed by atoms with Crippen molar-refractivity contribution in [3.8, 4) is 0 Å². The van der Waals surface area contributed by atoms with E-state index in [-0.39, 0.29) is 5.78 Å². The molecule has 0 bridgehead atoms. The largest absolute Gasteiger partial charge is 0.446 e. The number of nitrogens with one attached hydrogen (secondary N) is 1. The number of carbonyl (C=O) groups is 1. The van der Waals surface area contributed by atoms with Gasteiger partial charge in [0, 0.05) is 50.2 Å². The lowest BCUT2D eigenvalue weighted by atomic mass is 10.3. The number of pyridine rings is 1. The molecule has 2 aromatic rings. The molecule has 0 spiro atoms. The quantitative estimate of drug-likeness (QED) is 0.780. The first-order valence-electron chi connectivity index (χ1n) is 9.07. The second-order valence-electron chi connectivity index (χ2n) is 7.03. The summed E-state index contributed by atoms with van der Waals surface area (Å²) in [5.41, 5.74) is 1.10. The van der Waals surface area contributed by atoms with Crippen molar-refractivity contribution in [2.45, 2.75) is 35.8 Å². The van der Waals surface area contributed by atoms with Crippen LogP contribution in [0.3, 0.4) is 0 Å². The van der Waals surface area contributed by atoms with E-state index in [0.29, 0.717) is 16.9 Å². The lowest BCUT2D eigenvalue weighted by Crippen LogP contribution is -2.45. The van der Waals surface area contributed by atoms with E-state index < -0.39 is 0 Å². The topological polar surface area (TPSA) is 61.6 Å². The van der Waals surface area contributed by atoms with Gasteiger partial charge in [-0.25, -0.2) is 4.98 Å². The molecule has 7 heteroatoms. The molecule has 0 aromatic carbocycles. The SMILES string of the molecule is CC(=O)c1ccc(Sc2cnc(N3CCN(C)CC3)c(NC3CC3)c2)o1. The van der Waals surface area contributed by atoms with Gasteiger partial charge in [-0.3, -0.25) is 4.79 Å². The molecule has 138 valence electrons. The molecule has 3 heterocycles. The number of rotatable bonds is 6. The molecule has 2 fully saturated rings. The standard InChI is InChI=1S/C19H24N4O2S/c1-13(24)17-5-6-18(25-17)26-15-11-16(21-14-3-4-14)19(20-12-15)23-9-7-22(2)8-10-23/h5-6,11-12,14,21H,3-4,7-10H2,1-2H3. The molecule has 1 N–H and O–H groups in total. The highest BCUT2D eigenvalue weighted by atomic mass is 32.2. The van der Waals surface area contributed by atoms with Crippen molar-refractivity contribution in [2.24, 2.45) is 0 Å². The molecule has 2 aromatic heterocycles. The van der Waals surface area contributed by atoms with Crippen LogP contribution in [-0.4, -0.2) is 54.9 Å². The molecule has 1 saturated carbocycles. The van der Waals surface area contributed by atoms with E-state index in [0.717, 1.165) is 42.6 Å². The third-order valence-corrected chi connectivity index (χ3v) is 5.61. The average Bonchev–Trinajstić information content (AvgIpc) is 3.31. The van der Waals surface area contributed by atoms with Crippen LogP contribution in [-0.2, 0) is 0 Å². The van der Waals surface area contributed by atoms with E-state index in [1.54, 1.807) is 6.07 Å². The maximum Gasteiger partial charge on any atom is 0.194 e. The van der Waals surface area contributed by atoms with Gasteiger partial charge < -0.3 is 19.5 Å². The molecule has 4 rings (SSSR count). The number of aromatic nitrogens is 1. The summed E-state index contributed by atoms with van der Waals surface area (Å²) in [6.45, 7) is 5.62. The van der Waals surface area contributed by atoms with E-state index in [9.17, 15) is 4.79 Å². The van der Waals surface area contributed by atoms with Gasteiger partial charge in [-0.1, -0.05) is 11.8 Å². The van der Waals surface area contributed by atoms with Gasteiger partial charge in [0.1, 0.15) is 0 Å². The Morgan fingerprint density at radius 3 is 2.69 bits per heavy atom. The van der Waals surface area contributed by atoms with Crippen LogP contribution in [0.15, 0.2) is 38.8 Å². The number of likely N-dealkylation sites (N-methyl/N-ethyl adjacent to an activating group) is 1. The number of nitrogens with zero attached hydrogens (tertiary/aromatic N) is 3. The normalized spacial score (nSPS) is 18.2. The van der Waals surface area contributed by atoms with Crippen LogP contribution in [0.25, 0.3) is 0 Å². The average molecular weight is 372 g/mol. The zero-order valence-electron chi connectivity index (χ0n) is 15.2. The highest BCUT2D eigenvalue weighted by Crippen LogP contribution is 2.36. The van der Waals surface area contributed by atoms with Crippen LogP contribution in [0.4, 0.5) is 11.5 Å². The molecule has 1 saturated heterocycles. The van der Waals surface area contributed by atoms with Crippen molar-refractivity contribution < 1.29 is 9.21 Å². The second-order valence-corrected chi connectivity index (χ2v) is 8.11. The summed E-state index contributed by atoms with van der Waals surface area (Å²) in [4.78, 5) is 21.9. The van der Waals surface area contributed by atoms with Crippen LogP contribution in [0.1, 0.15) is 30.3 Å². The Labute approximate surface area is 157 Å². The van der Waals surface area contributed by atoms with Gasteiger partial charge in [-0.05, 0) is 38.1 Å². The molecule has 0 amide bonds. The predicted molar refractivity (Wildman–Crippen MR) is 103 cm³/mol. The predicted octanol–water partition coefficient (Wildman–Crippen LogP) is 3.35. The lowest BCUT2D eigenvalue weighted by Gasteiger charge is -2.34. The second kappa shape index (κ2) is 7.32. The summed E-state index contributed by atoms with van der Waals surface area (Å²) in [7, 11) is 2.16. The zero-order chi connectivity index (χ0) is 18.1. The first-order valence-corrected chi connectivity index (χ1v) is 9.89. The Bertz CT molecular complexity index is 795. The molecule has 0 unspecified atom stereocenters. The van der Waals surface area contributed by atoms with Crippen LogP contribution in [0.2, 0.25) is 0 Å². The van der Waals surface area contributed by atoms with E-state index in [1.807, 2.05) is 12.3 Å². The molecule has 6 nitrogen and oxygen atoms in total. The van der Waals surface area contributed by atoms with Crippen LogP contribution >= 0.6 is 11.8 Å². The van der Waals surface area contributed by atoms with E-state index in [2.05, 4.69) is 28.2 Å². The Morgan fingerprint density at radius 1 is 1.27 bits per heavy atom. The van der Waals surface area contributed by atoms with Crippen molar-refractivity contribution in [3.63, 3.8) is 0 Å². The lowest BCUT2D eigenvalue weighted by molar-refractivity contribution is 0.0982. The molecule has 26 heavy (non-hydrogen) atoms. The number of hydrogen-bond acceptors (Lipinski definition) is 7. The molecule has 1 aliphatic heterocycles. The minimum Gasteiger partial charge on any atom is -0.446 e. The van der Waals surface area contributed by atoms with E-state index in [4.69, 9.17) is 9.40 Å². The van der Waals surface area contributed by atoms with Crippen molar-refractivity contribution in [1.82, 2.24) is 9.88 Å². The number of hydrogen-bond donors (Lipinski definition) is 1. The van der Waals surface area contributed by atoms with Gasteiger partial charge in [-0.15, -0.1) is 0 Å². The van der Waals surface area contributed by atoms with Crippen molar-refractivity contribution in [1.29, 1.82) is 0 Å². The summed E-state index contributed by atoms with van der Waals surface area (Å²) in [6, 6.07) is 6.28. The Balaban J connectivity index is 1.55. The van der Waals surface area contributed by atoms with Gasteiger partial charge in [0.2, 0.25) is 0 Å². The molecule has 0 atom stereocenters.